The molecule has 2 heterocycles. The van der Waals surface area contributed by atoms with Crippen LogP contribution in [0.1, 0.15) is 43.5 Å². The minimum absolute atomic E-state index is 0.0274. The lowest BCUT2D eigenvalue weighted by atomic mass is 9.90. The highest BCUT2D eigenvalue weighted by Crippen LogP contribution is 2.29. The molecule has 2 aliphatic rings. The van der Waals surface area contributed by atoms with Gasteiger partial charge in [0.15, 0.2) is 0 Å². The van der Waals surface area contributed by atoms with Crippen LogP contribution in [0, 0.1) is 11.8 Å². The number of aromatic nitrogens is 2. The zero-order valence-corrected chi connectivity index (χ0v) is 13.7. The van der Waals surface area contributed by atoms with Crippen molar-refractivity contribution in [3.8, 4) is 0 Å². The minimum atomic E-state index is -0.818. The maximum Gasteiger partial charge on any atom is 0.317 e. The van der Waals surface area contributed by atoms with E-state index in [1.165, 1.54) is 0 Å². The number of hydrogen-bond donors (Lipinski definition) is 2. The van der Waals surface area contributed by atoms with Gasteiger partial charge in [-0.2, -0.15) is 5.10 Å². The Bertz CT molecular complexity index is 612. The van der Waals surface area contributed by atoms with E-state index in [1.54, 1.807) is 9.58 Å². The first-order chi connectivity index (χ1) is 10.9. The predicted molar refractivity (Wildman–Crippen MR) is 83.9 cm³/mol. The van der Waals surface area contributed by atoms with Gasteiger partial charge in [-0.15, -0.1) is 0 Å². The van der Waals surface area contributed by atoms with Crippen LogP contribution >= 0.6 is 0 Å². The zero-order valence-electron chi connectivity index (χ0n) is 13.7. The molecule has 7 heteroatoms. The maximum absolute atomic E-state index is 12.6. The lowest BCUT2D eigenvalue weighted by molar-refractivity contribution is -0.143. The summed E-state index contributed by atoms with van der Waals surface area (Å²) in [7, 11) is 1.89. The molecule has 126 valence electrons. The summed E-state index contributed by atoms with van der Waals surface area (Å²) in [5.74, 6) is -1.08. The molecule has 1 aromatic rings. The topological polar surface area (TPSA) is 87.5 Å². The second-order valence-corrected chi connectivity index (χ2v) is 6.88. The van der Waals surface area contributed by atoms with Gasteiger partial charge in [0, 0.05) is 31.9 Å². The van der Waals surface area contributed by atoms with Crippen LogP contribution in [0.25, 0.3) is 0 Å². The molecule has 1 fully saturated rings. The maximum atomic E-state index is 12.6. The van der Waals surface area contributed by atoms with Crippen molar-refractivity contribution < 1.29 is 14.7 Å². The van der Waals surface area contributed by atoms with E-state index in [9.17, 15) is 14.7 Å². The number of piperidine rings is 1. The largest absolute Gasteiger partial charge is 0.481 e. The van der Waals surface area contributed by atoms with E-state index in [-0.39, 0.29) is 24.5 Å². The molecule has 3 rings (SSSR count). The van der Waals surface area contributed by atoms with Gasteiger partial charge in [-0.05, 0) is 31.6 Å². The second kappa shape index (κ2) is 6.22. The Labute approximate surface area is 135 Å². The highest BCUT2D eigenvalue weighted by molar-refractivity contribution is 5.77. The third kappa shape index (κ3) is 3.33. The SMILES string of the molecule is CC1CC(C(=O)O)CN(C(=O)NC2CCCc3nn(C)cc32)C1. The molecular weight excluding hydrogens is 296 g/mol. The van der Waals surface area contributed by atoms with Crippen LogP contribution in [-0.4, -0.2) is 44.9 Å². The number of aliphatic carboxylic acids is 1. The number of urea groups is 1. The van der Waals surface area contributed by atoms with Crippen molar-refractivity contribution in [2.24, 2.45) is 18.9 Å². The fraction of sp³-hybridized carbons (Fsp3) is 0.688. The van der Waals surface area contributed by atoms with Crippen molar-refractivity contribution in [3.63, 3.8) is 0 Å². The van der Waals surface area contributed by atoms with Gasteiger partial charge in [0.05, 0.1) is 17.7 Å². The number of carboxylic acid groups (broad SMARTS) is 1. The third-order valence-corrected chi connectivity index (χ3v) is 4.81. The fourth-order valence-corrected chi connectivity index (χ4v) is 3.75. The number of aryl methyl sites for hydroxylation is 2. The van der Waals surface area contributed by atoms with E-state index in [2.05, 4.69) is 10.4 Å². The number of amides is 2. The molecule has 3 atom stereocenters. The van der Waals surface area contributed by atoms with Crippen LogP contribution in [0.3, 0.4) is 0 Å². The van der Waals surface area contributed by atoms with Crippen molar-refractivity contribution in [2.45, 2.75) is 38.6 Å². The summed E-state index contributed by atoms with van der Waals surface area (Å²) in [6, 6.07) is -0.190. The van der Waals surface area contributed by atoms with Gasteiger partial charge < -0.3 is 15.3 Å². The number of nitrogens with zero attached hydrogens (tertiary/aromatic N) is 3. The highest BCUT2D eigenvalue weighted by Gasteiger charge is 2.33. The van der Waals surface area contributed by atoms with Crippen LogP contribution in [0.4, 0.5) is 4.79 Å². The number of nitrogens with one attached hydrogen (secondary N) is 1. The van der Waals surface area contributed by atoms with E-state index in [4.69, 9.17) is 0 Å². The Hall–Kier alpha value is -2.05. The number of rotatable bonds is 2. The Kier molecular flexibility index (Phi) is 4.28. The van der Waals surface area contributed by atoms with E-state index < -0.39 is 11.9 Å². The number of carbonyl (C=O) groups excluding carboxylic acids is 1. The molecule has 0 bridgehead atoms. The molecule has 2 amide bonds. The van der Waals surface area contributed by atoms with Crippen LogP contribution in [-0.2, 0) is 18.3 Å². The van der Waals surface area contributed by atoms with Gasteiger partial charge in [0.25, 0.3) is 0 Å². The molecule has 1 aliphatic heterocycles. The molecule has 7 nitrogen and oxygen atoms in total. The summed E-state index contributed by atoms with van der Waals surface area (Å²) in [6.45, 7) is 2.90. The Morgan fingerprint density at radius 3 is 2.91 bits per heavy atom. The fourth-order valence-electron chi connectivity index (χ4n) is 3.75. The van der Waals surface area contributed by atoms with Crippen LogP contribution in [0.15, 0.2) is 6.20 Å². The van der Waals surface area contributed by atoms with Crippen LogP contribution in [0.5, 0.6) is 0 Å². The number of carboxylic acids is 1. The van der Waals surface area contributed by atoms with Gasteiger partial charge in [-0.1, -0.05) is 6.92 Å². The average molecular weight is 320 g/mol. The molecular formula is C16H24N4O3. The van der Waals surface area contributed by atoms with Crippen molar-refractivity contribution in [2.75, 3.05) is 13.1 Å². The zero-order chi connectivity index (χ0) is 16.6. The third-order valence-electron chi connectivity index (χ3n) is 4.81. The molecule has 1 aromatic heterocycles. The average Bonchev–Trinajstić information content (AvgIpc) is 2.88. The minimum Gasteiger partial charge on any atom is -0.481 e. The summed E-state index contributed by atoms with van der Waals surface area (Å²) in [6.07, 6.45) is 5.46. The van der Waals surface area contributed by atoms with Crippen LogP contribution < -0.4 is 5.32 Å². The first kappa shape index (κ1) is 15.8. The normalized spacial score (nSPS) is 27.4. The number of likely N-dealkylation sites (tertiary alicyclic amines) is 1. The molecule has 1 aliphatic carbocycles. The Morgan fingerprint density at radius 1 is 1.39 bits per heavy atom. The van der Waals surface area contributed by atoms with Gasteiger partial charge >= 0.3 is 12.0 Å². The van der Waals surface area contributed by atoms with E-state index >= 15 is 0 Å². The number of carbonyl (C=O) groups is 2. The van der Waals surface area contributed by atoms with Gasteiger partial charge in [0.1, 0.15) is 0 Å². The molecule has 0 saturated carbocycles. The first-order valence-corrected chi connectivity index (χ1v) is 8.24. The molecule has 0 radical (unpaired) electrons. The van der Waals surface area contributed by atoms with Gasteiger partial charge in [-0.25, -0.2) is 4.79 Å². The van der Waals surface area contributed by atoms with E-state index in [0.717, 1.165) is 30.5 Å². The van der Waals surface area contributed by atoms with Crippen molar-refractivity contribution in [3.05, 3.63) is 17.5 Å². The van der Waals surface area contributed by atoms with Crippen LogP contribution in [0.2, 0.25) is 0 Å². The summed E-state index contributed by atoms with van der Waals surface area (Å²) >= 11 is 0. The highest BCUT2D eigenvalue weighted by atomic mass is 16.4. The predicted octanol–water partition coefficient (Wildman–Crippen LogP) is 1.55. The van der Waals surface area contributed by atoms with Gasteiger partial charge in [-0.3, -0.25) is 9.48 Å². The Morgan fingerprint density at radius 2 is 2.17 bits per heavy atom. The Balaban J connectivity index is 1.68. The molecule has 23 heavy (non-hydrogen) atoms. The summed E-state index contributed by atoms with van der Waals surface area (Å²) < 4.78 is 1.79. The smallest absolute Gasteiger partial charge is 0.317 e. The second-order valence-electron chi connectivity index (χ2n) is 6.88. The molecule has 2 N–H and O–H groups in total. The van der Waals surface area contributed by atoms with Crippen molar-refractivity contribution >= 4 is 12.0 Å². The number of hydrogen-bond acceptors (Lipinski definition) is 3. The standard InChI is InChI=1S/C16H24N4O3/c1-10-6-11(15(21)22)8-20(7-10)16(23)17-13-4-3-5-14-12(13)9-19(2)18-14/h9-11,13H,3-8H2,1-2H3,(H,17,23)(H,21,22). The molecule has 1 saturated heterocycles. The van der Waals surface area contributed by atoms with E-state index in [1.807, 2.05) is 20.2 Å². The molecule has 3 unspecified atom stereocenters. The quantitative estimate of drug-likeness (QED) is 0.865. The van der Waals surface area contributed by atoms with Crippen molar-refractivity contribution in [1.29, 1.82) is 0 Å². The summed E-state index contributed by atoms with van der Waals surface area (Å²) in [5, 5.41) is 16.8. The molecule has 0 spiro atoms. The lowest BCUT2D eigenvalue weighted by Gasteiger charge is -2.36. The first-order valence-electron chi connectivity index (χ1n) is 8.24. The molecule has 0 aromatic carbocycles. The van der Waals surface area contributed by atoms with Crippen molar-refractivity contribution in [1.82, 2.24) is 20.0 Å². The number of fused-ring (bicyclic) bond motifs is 1. The van der Waals surface area contributed by atoms with E-state index in [0.29, 0.717) is 13.0 Å². The lowest BCUT2D eigenvalue weighted by Crippen LogP contribution is -2.50. The summed E-state index contributed by atoms with van der Waals surface area (Å²) in [5.41, 5.74) is 2.14. The monoisotopic (exact) mass is 320 g/mol. The van der Waals surface area contributed by atoms with Gasteiger partial charge in [0.2, 0.25) is 0 Å². The summed E-state index contributed by atoms with van der Waals surface area (Å²) in [4.78, 5) is 25.5.